The Balaban J connectivity index is 1.44. The molecule has 0 bridgehead atoms. The zero-order valence-electron chi connectivity index (χ0n) is 17.0. The number of hydrogen-bond acceptors (Lipinski definition) is 3. The van der Waals surface area contributed by atoms with Crippen LogP contribution in [0.1, 0.15) is 18.1 Å². The molecule has 2 aromatic carbocycles. The Morgan fingerprint density at radius 2 is 1.93 bits per heavy atom. The largest absolute Gasteiger partial charge is 0.361 e. The van der Waals surface area contributed by atoms with E-state index in [0.29, 0.717) is 12.2 Å². The van der Waals surface area contributed by atoms with Gasteiger partial charge >= 0.3 is 6.03 Å². The quantitative estimate of drug-likeness (QED) is 0.613. The highest BCUT2D eigenvalue weighted by Crippen LogP contribution is 2.43. The number of carbonyl (C=O) groups excluding carboxylic acids is 2. The molecule has 0 radical (unpaired) electrons. The van der Waals surface area contributed by atoms with Crippen LogP contribution in [-0.2, 0) is 11.2 Å². The molecule has 0 saturated carbocycles. The van der Waals surface area contributed by atoms with Gasteiger partial charge in [-0.3, -0.25) is 9.69 Å². The summed E-state index contributed by atoms with van der Waals surface area (Å²) in [4.78, 5) is 30.2. The predicted molar refractivity (Wildman–Crippen MR) is 118 cm³/mol. The molecule has 30 heavy (non-hydrogen) atoms. The van der Waals surface area contributed by atoms with Gasteiger partial charge in [0.05, 0.1) is 5.92 Å². The third-order valence-electron chi connectivity index (χ3n) is 6.27. The SMILES string of the molecule is CN(C(=O)Nc1ccccc1)C(=O)[C@@H]1C=C2c3cccc4[nH]cc(c34)C[C@@]2(C)NC1. The van der Waals surface area contributed by atoms with E-state index < -0.39 is 11.9 Å². The average molecular weight is 400 g/mol. The highest BCUT2D eigenvalue weighted by molar-refractivity contribution is 6.04. The number of aromatic nitrogens is 1. The van der Waals surface area contributed by atoms with Gasteiger partial charge in [-0.15, -0.1) is 0 Å². The normalized spacial score (nSPS) is 22.2. The Morgan fingerprint density at radius 3 is 2.73 bits per heavy atom. The summed E-state index contributed by atoms with van der Waals surface area (Å²) in [5.41, 5.74) is 5.11. The summed E-state index contributed by atoms with van der Waals surface area (Å²) >= 11 is 0. The lowest BCUT2D eigenvalue weighted by atomic mass is 9.72. The minimum atomic E-state index is -0.434. The fraction of sp³-hybridized carbons (Fsp3) is 0.250. The summed E-state index contributed by atoms with van der Waals surface area (Å²) < 4.78 is 0. The highest BCUT2D eigenvalue weighted by Gasteiger charge is 2.41. The van der Waals surface area contributed by atoms with E-state index >= 15 is 0 Å². The molecule has 5 rings (SSSR count). The van der Waals surface area contributed by atoms with E-state index in [1.807, 2.05) is 24.3 Å². The van der Waals surface area contributed by atoms with Crippen molar-refractivity contribution < 1.29 is 9.59 Å². The molecule has 1 aromatic heterocycles. The molecule has 2 atom stereocenters. The number of benzene rings is 2. The van der Waals surface area contributed by atoms with Crippen LogP contribution in [0.2, 0.25) is 0 Å². The van der Waals surface area contributed by atoms with E-state index in [9.17, 15) is 9.59 Å². The van der Waals surface area contributed by atoms with Gasteiger partial charge in [0, 0.05) is 41.9 Å². The van der Waals surface area contributed by atoms with Gasteiger partial charge in [0.1, 0.15) is 0 Å². The number of hydrogen-bond donors (Lipinski definition) is 3. The van der Waals surface area contributed by atoms with Crippen LogP contribution in [0.3, 0.4) is 0 Å². The number of urea groups is 1. The lowest BCUT2D eigenvalue weighted by molar-refractivity contribution is -0.129. The van der Waals surface area contributed by atoms with Crippen molar-refractivity contribution in [3.8, 4) is 0 Å². The molecule has 0 fully saturated rings. The van der Waals surface area contributed by atoms with Gasteiger partial charge in [0.25, 0.3) is 0 Å². The predicted octanol–water partition coefficient (Wildman–Crippen LogP) is 3.78. The molecule has 1 aliphatic carbocycles. The van der Waals surface area contributed by atoms with Crippen LogP contribution in [0.25, 0.3) is 16.5 Å². The smallest absolute Gasteiger partial charge is 0.328 e. The van der Waals surface area contributed by atoms with Crippen molar-refractivity contribution in [1.29, 1.82) is 0 Å². The van der Waals surface area contributed by atoms with Gasteiger partial charge in [0.2, 0.25) is 5.91 Å². The Hall–Kier alpha value is -3.38. The van der Waals surface area contributed by atoms with E-state index in [1.165, 1.54) is 22.9 Å². The van der Waals surface area contributed by atoms with Crippen molar-refractivity contribution in [1.82, 2.24) is 15.2 Å². The summed E-state index contributed by atoms with van der Waals surface area (Å²) in [5, 5.41) is 7.58. The lowest BCUT2D eigenvalue weighted by Gasteiger charge is -2.42. The van der Waals surface area contributed by atoms with Crippen molar-refractivity contribution in [2.24, 2.45) is 5.92 Å². The Labute approximate surface area is 175 Å². The van der Waals surface area contributed by atoms with Crippen molar-refractivity contribution in [3.63, 3.8) is 0 Å². The molecule has 6 heteroatoms. The van der Waals surface area contributed by atoms with E-state index in [2.05, 4.69) is 46.9 Å². The fourth-order valence-corrected chi connectivity index (χ4v) is 4.66. The van der Waals surface area contributed by atoms with Crippen molar-refractivity contribution in [2.75, 3.05) is 18.9 Å². The number of rotatable bonds is 2. The zero-order valence-corrected chi connectivity index (χ0v) is 17.0. The number of para-hydroxylation sites is 1. The summed E-state index contributed by atoms with van der Waals surface area (Å²) in [5.74, 6) is -0.632. The standard InChI is InChI=1S/C24H24N4O2/c1-24-12-16-13-25-20-10-6-9-18(21(16)20)19(24)11-15(14-26-24)22(29)28(2)23(30)27-17-7-4-3-5-8-17/h3-11,13,15,25-26H,12,14H2,1-2H3,(H,27,30)/t15-,24-/m1/s1. The van der Waals surface area contributed by atoms with E-state index in [4.69, 9.17) is 0 Å². The number of nitrogens with one attached hydrogen (secondary N) is 3. The van der Waals surface area contributed by atoms with Crippen LogP contribution in [0.5, 0.6) is 0 Å². The number of carbonyl (C=O) groups is 2. The molecule has 0 spiro atoms. The topological polar surface area (TPSA) is 77.2 Å². The molecule has 3 N–H and O–H groups in total. The molecule has 2 heterocycles. The first-order chi connectivity index (χ1) is 14.5. The van der Waals surface area contributed by atoms with Gasteiger partial charge < -0.3 is 15.6 Å². The molecular weight excluding hydrogens is 376 g/mol. The van der Waals surface area contributed by atoms with E-state index in [1.54, 1.807) is 12.1 Å². The highest BCUT2D eigenvalue weighted by atomic mass is 16.2. The van der Waals surface area contributed by atoms with Gasteiger partial charge in [-0.2, -0.15) is 0 Å². The average Bonchev–Trinajstić information content (AvgIpc) is 3.16. The van der Waals surface area contributed by atoms with Gasteiger partial charge in [-0.05, 0) is 48.2 Å². The maximum absolute atomic E-state index is 13.1. The number of H-pyrrole nitrogens is 1. The minimum Gasteiger partial charge on any atom is -0.361 e. The monoisotopic (exact) mass is 400 g/mol. The summed E-state index contributed by atoms with van der Waals surface area (Å²) in [6.45, 7) is 2.68. The first-order valence-electron chi connectivity index (χ1n) is 10.2. The van der Waals surface area contributed by atoms with Gasteiger partial charge in [-0.1, -0.05) is 36.4 Å². The number of aromatic amines is 1. The van der Waals surface area contributed by atoms with E-state index in [-0.39, 0.29) is 11.4 Å². The maximum Gasteiger partial charge on any atom is 0.328 e. The molecule has 6 nitrogen and oxygen atoms in total. The van der Waals surface area contributed by atoms with Crippen LogP contribution in [0.15, 0.2) is 60.8 Å². The first kappa shape index (κ1) is 18.6. The Morgan fingerprint density at radius 1 is 1.13 bits per heavy atom. The molecule has 3 amide bonds. The second kappa shape index (κ2) is 6.85. The van der Waals surface area contributed by atoms with Crippen molar-refractivity contribution in [3.05, 3.63) is 71.9 Å². The van der Waals surface area contributed by atoms with Crippen LogP contribution < -0.4 is 10.6 Å². The second-order valence-corrected chi connectivity index (χ2v) is 8.31. The van der Waals surface area contributed by atoms with E-state index in [0.717, 1.165) is 23.1 Å². The van der Waals surface area contributed by atoms with Gasteiger partial charge in [0.15, 0.2) is 0 Å². The zero-order chi connectivity index (χ0) is 20.9. The first-order valence-corrected chi connectivity index (χ1v) is 10.2. The summed E-state index contributed by atoms with van der Waals surface area (Å²) in [6.07, 6.45) is 4.99. The number of nitrogens with zero attached hydrogens (tertiary/aromatic N) is 1. The fourth-order valence-electron chi connectivity index (χ4n) is 4.66. The Kier molecular flexibility index (Phi) is 4.25. The maximum atomic E-state index is 13.1. The number of amides is 3. The lowest BCUT2D eigenvalue weighted by Crippen LogP contribution is -2.54. The molecular formula is C24H24N4O2. The summed E-state index contributed by atoms with van der Waals surface area (Å²) in [7, 11) is 1.53. The third-order valence-corrected chi connectivity index (χ3v) is 6.27. The molecule has 152 valence electrons. The van der Waals surface area contributed by atoms with Crippen molar-refractivity contribution >= 4 is 34.1 Å². The Bertz CT molecular complexity index is 1180. The van der Waals surface area contributed by atoms with Crippen LogP contribution >= 0.6 is 0 Å². The van der Waals surface area contributed by atoms with Gasteiger partial charge in [-0.25, -0.2) is 4.79 Å². The molecule has 0 saturated heterocycles. The minimum absolute atomic E-state index is 0.225. The van der Waals surface area contributed by atoms with Crippen LogP contribution in [0, 0.1) is 5.92 Å². The van der Waals surface area contributed by atoms with Crippen LogP contribution in [0.4, 0.5) is 10.5 Å². The third kappa shape index (κ3) is 2.92. The number of imide groups is 1. The molecule has 1 aliphatic heterocycles. The molecule has 3 aromatic rings. The molecule has 0 unspecified atom stereocenters. The number of anilines is 1. The molecule has 2 aliphatic rings. The summed E-state index contributed by atoms with van der Waals surface area (Å²) in [6, 6.07) is 14.9. The second-order valence-electron chi connectivity index (χ2n) is 8.31. The van der Waals surface area contributed by atoms with Crippen LogP contribution in [-0.4, -0.2) is 41.0 Å². The van der Waals surface area contributed by atoms with Crippen molar-refractivity contribution in [2.45, 2.75) is 18.9 Å². The number of fused-ring (bicyclic) bond motifs is 2.